The highest BCUT2D eigenvalue weighted by Crippen LogP contribution is 2.28. The molecule has 0 saturated carbocycles. The van der Waals surface area contributed by atoms with Crippen LogP contribution in [0, 0.1) is 11.3 Å². The van der Waals surface area contributed by atoms with Crippen molar-refractivity contribution in [2.75, 3.05) is 11.8 Å². The second-order valence-electron chi connectivity index (χ2n) is 4.09. The Labute approximate surface area is 127 Å². The molecule has 0 bridgehead atoms. The molecular formula is C14H11ClN2O3S. The number of anilines is 1. The third-order valence-corrected chi connectivity index (χ3v) is 4.41. The maximum Gasteiger partial charge on any atom is 0.261 e. The molecule has 0 saturated heterocycles. The van der Waals surface area contributed by atoms with E-state index in [4.69, 9.17) is 21.6 Å². The minimum absolute atomic E-state index is 0.0494. The van der Waals surface area contributed by atoms with E-state index >= 15 is 0 Å². The molecule has 0 fully saturated rings. The summed E-state index contributed by atoms with van der Waals surface area (Å²) >= 11 is 6.00. The molecular weight excluding hydrogens is 312 g/mol. The van der Waals surface area contributed by atoms with E-state index in [9.17, 15) is 8.42 Å². The Morgan fingerprint density at radius 3 is 2.38 bits per heavy atom. The summed E-state index contributed by atoms with van der Waals surface area (Å²) < 4.78 is 31.8. The Morgan fingerprint density at radius 1 is 1.19 bits per heavy atom. The predicted octanol–water partition coefficient (Wildman–Crippen LogP) is 3.02. The number of hydrogen-bond acceptors (Lipinski definition) is 4. The zero-order valence-corrected chi connectivity index (χ0v) is 12.6. The zero-order valence-electron chi connectivity index (χ0n) is 11.0. The maximum absolute atomic E-state index is 12.2. The number of nitriles is 1. The lowest BCUT2D eigenvalue weighted by atomic mass is 10.2. The summed E-state index contributed by atoms with van der Waals surface area (Å²) in [7, 11) is -2.27. The van der Waals surface area contributed by atoms with Crippen LogP contribution in [0.4, 0.5) is 5.69 Å². The third kappa shape index (κ3) is 3.45. The smallest absolute Gasteiger partial charge is 0.261 e. The maximum atomic E-state index is 12.2. The average Bonchev–Trinajstić information content (AvgIpc) is 2.49. The number of methoxy groups -OCH3 is 1. The Kier molecular flexibility index (Phi) is 4.36. The first-order chi connectivity index (χ1) is 9.96. The Bertz CT molecular complexity index is 796. The standard InChI is InChI=1S/C14H11ClN2O3S/c1-20-11-4-7-14(13(15)8-11)17-21(18,19)12-5-2-10(9-16)3-6-12/h2-8,17H,1H3. The van der Waals surface area contributed by atoms with Gasteiger partial charge in [0.1, 0.15) is 5.75 Å². The van der Waals surface area contributed by atoms with Gasteiger partial charge >= 0.3 is 0 Å². The van der Waals surface area contributed by atoms with Gasteiger partial charge in [-0.2, -0.15) is 5.26 Å². The summed E-state index contributed by atoms with van der Waals surface area (Å²) in [5, 5.41) is 8.94. The Hall–Kier alpha value is -2.23. The van der Waals surface area contributed by atoms with Crippen LogP contribution < -0.4 is 9.46 Å². The second kappa shape index (κ2) is 6.04. The lowest BCUT2D eigenvalue weighted by molar-refractivity contribution is 0.415. The van der Waals surface area contributed by atoms with Crippen molar-refractivity contribution in [2.24, 2.45) is 0 Å². The SMILES string of the molecule is COc1ccc(NS(=O)(=O)c2ccc(C#N)cc2)c(Cl)c1. The molecule has 0 aliphatic rings. The minimum Gasteiger partial charge on any atom is -0.497 e. The normalized spacial score (nSPS) is 10.7. The number of benzene rings is 2. The van der Waals surface area contributed by atoms with E-state index in [1.54, 1.807) is 6.07 Å². The van der Waals surface area contributed by atoms with Crippen molar-refractivity contribution >= 4 is 27.3 Å². The average molecular weight is 323 g/mol. The molecule has 108 valence electrons. The molecule has 0 heterocycles. The van der Waals surface area contributed by atoms with Crippen LogP contribution in [0.25, 0.3) is 0 Å². The van der Waals surface area contributed by atoms with Gasteiger partial charge in [-0.1, -0.05) is 11.6 Å². The number of rotatable bonds is 4. The van der Waals surface area contributed by atoms with Crippen molar-refractivity contribution in [3.8, 4) is 11.8 Å². The van der Waals surface area contributed by atoms with Crippen LogP contribution in [0.2, 0.25) is 5.02 Å². The van der Waals surface area contributed by atoms with Crippen molar-refractivity contribution in [1.82, 2.24) is 0 Å². The van der Waals surface area contributed by atoms with E-state index in [1.807, 2.05) is 6.07 Å². The van der Waals surface area contributed by atoms with Crippen LogP contribution in [0.3, 0.4) is 0 Å². The molecule has 0 amide bonds. The quantitative estimate of drug-likeness (QED) is 0.938. The number of nitrogens with one attached hydrogen (secondary N) is 1. The summed E-state index contributed by atoms with van der Waals surface area (Å²) in [6.07, 6.45) is 0. The summed E-state index contributed by atoms with van der Waals surface area (Å²) in [6.45, 7) is 0. The van der Waals surface area contributed by atoms with E-state index < -0.39 is 10.0 Å². The van der Waals surface area contributed by atoms with Gasteiger partial charge in [0.25, 0.3) is 10.0 Å². The summed E-state index contributed by atoms with van der Waals surface area (Å²) in [6, 6.07) is 12.1. The molecule has 0 unspecified atom stereocenters. The molecule has 0 aromatic heterocycles. The minimum atomic E-state index is -3.77. The highest BCUT2D eigenvalue weighted by molar-refractivity contribution is 7.92. The summed E-state index contributed by atoms with van der Waals surface area (Å²) in [5.74, 6) is 0.529. The molecule has 0 aliphatic carbocycles. The molecule has 0 aliphatic heterocycles. The van der Waals surface area contributed by atoms with E-state index in [-0.39, 0.29) is 15.6 Å². The van der Waals surface area contributed by atoms with E-state index in [0.717, 1.165) is 0 Å². The van der Waals surface area contributed by atoms with Gasteiger partial charge < -0.3 is 4.74 Å². The van der Waals surface area contributed by atoms with Crippen LogP contribution in [0.1, 0.15) is 5.56 Å². The fraction of sp³-hybridized carbons (Fsp3) is 0.0714. The number of sulfonamides is 1. The number of nitrogens with zero attached hydrogens (tertiary/aromatic N) is 1. The molecule has 2 aromatic rings. The summed E-state index contributed by atoms with van der Waals surface area (Å²) in [4.78, 5) is 0.0494. The van der Waals surface area contributed by atoms with E-state index in [2.05, 4.69) is 4.72 Å². The fourth-order valence-electron chi connectivity index (χ4n) is 1.62. The van der Waals surface area contributed by atoms with Crippen LogP contribution in [0.15, 0.2) is 47.4 Å². The van der Waals surface area contributed by atoms with Gasteiger partial charge in [0, 0.05) is 6.07 Å². The van der Waals surface area contributed by atoms with Crippen LogP contribution >= 0.6 is 11.6 Å². The second-order valence-corrected chi connectivity index (χ2v) is 6.18. The first-order valence-electron chi connectivity index (χ1n) is 5.83. The van der Waals surface area contributed by atoms with Gasteiger partial charge in [0.2, 0.25) is 0 Å². The molecule has 2 rings (SSSR count). The zero-order chi connectivity index (χ0) is 15.5. The van der Waals surface area contributed by atoms with Crippen molar-refractivity contribution < 1.29 is 13.2 Å². The lowest BCUT2D eigenvalue weighted by Crippen LogP contribution is -2.13. The number of hydrogen-bond donors (Lipinski definition) is 1. The van der Waals surface area contributed by atoms with Gasteiger partial charge in [0.15, 0.2) is 0 Å². The first-order valence-corrected chi connectivity index (χ1v) is 7.69. The fourth-order valence-corrected chi connectivity index (χ4v) is 2.97. The van der Waals surface area contributed by atoms with E-state index in [1.165, 1.54) is 43.5 Å². The topological polar surface area (TPSA) is 79.2 Å². The van der Waals surface area contributed by atoms with Gasteiger partial charge in [-0.15, -0.1) is 0 Å². The first kappa shape index (κ1) is 15.2. The third-order valence-electron chi connectivity index (χ3n) is 2.71. The molecule has 2 aromatic carbocycles. The Balaban J connectivity index is 2.30. The van der Waals surface area contributed by atoms with Gasteiger partial charge in [-0.25, -0.2) is 8.42 Å². The van der Waals surface area contributed by atoms with Crippen molar-refractivity contribution in [3.63, 3.8) is 0 Å². The highest BCUT2D eigenvalue weighted by Gasteiger charge is 2.16. The molecule has 0 spiro atoms. The lowest BCUT2D eigenvalue weighted by Gasteiger charge is -2.10. The summed E-state index contributed by atoms with van der Waals surface area (Å²) in [5.41, 5.74) is 0.637. The molecule has 21 heavy (non-hydrogen) atoms. The molecule has 1 N–H and O–H groups in total. The predicted molar refractivity (Wildman–Crippen MR) is 80.0 cm³/mol. The number of ether oxygens (including phenoxy) is 1. The largest absolute Gasteiger partial charge is 0.497 e. The van der Waals surface area contributed by atoms with Gasteiger partial charge in [-0.3, -0.25) is 4.72 Å². The highest BCUT2D eigenvalue weighted by atomic mass is 35.5. The van der Waals surface area contributed by atoms with Crippen molar-refractivity contribution in [2.45, 2.75) is 4.90 Å². The molecule has 7 heteroatoms. The van der Waals surface area contributed by atoms with Crippen molar-refractivity contribution in [3.05, 3.63) is 53.1 Å². The van der Waals surface area contributed by atoms with Crippen molar-refractivity contribution in [1.29, 1.82) is 5.26 Å². The van der Waals surface area contributed by atoms with E-state index in [0.29, 0.717) is 11.3 Å². The van der Waals surface area contributed by atoms with Crippen LogP contribution in [-0.4, -0.2) is 15.5 Å². The molecule has 0 radical (unpaired) electrons. The molecule has 5 nitrogen and oxygen atoms in total. The molecule has 0 atom stereocenters. The van der Waals surface area contributed by atoms with Crippen LogP contribution in [0.5, 0.6) is 5.75 Å². The van der Waals surface area contributed by atoms with Crippen LogP contribution in [-0.2, 0) is 10.0 Å². The number of halogens is 1. The monoisotopic (exact) mass is 322 g/mol. The van der Waals surface area contributed by atoms with Gasteiger partial charge in [-0.05, 0) is 36.4 Å². The Morgan fingerprint density at radius 2 is 1.86 bits per heavy atom. The van der Waals surface area contributed by atoms with Gasteiger partial charge in [0.05, 0.1) is 34.3 Å².